The van der Waals surface area contributed by atoms with Gasteiger partial charge in [-0.2, -0.15) is 0 Å². The number of ether oxygens (including phenoxy) is 10. The molecule has 266 valence electrons. The van der Waals surface area contributed by atoms with Gasteiger partial charge in [0.05, 0.1) is 68.9 Å². The topological polar surface area (TPSA) is 133 Å². The molecule has 0 radical (unpaired) electrons. The zero-order valence-corrected chi connectivity index (χ0v) is 29.3. The lowest BCUT2D eigenvalue weighted by molar-refractivity contribution is 0.00114. The largest absolute Gasteiger partial charge is 0.496 e. The lowest BCUT2D eigenvalue weighted by Crippen LogP contribution is -2.37. The van der Waals surface area contributed by atoms with Crippen LogP contribution in [0.4, 0.5) is 0 Å². The molecule has 0 fully saturated rings. The van der Waals surface area contributed by atoms with Crippen molar-refractivity contribution >= 4 is 0 Å². The van der Waals surface area contributed by atoms with Crippen molar-refractivity contribution in [3.05, 3.63) is 82.4 Å². The smallest absolute Gasteiger partial charge is 0.161 e. The molecule has 4 aromatic rings. The van der Waals surface area contributed by atoms with Crippen molar-refractivity contribution in [3.63, 3.8) is 0 Å². The van der Waals surface area contributed by atoms with E-state index in [-0.39, 0.29) is 6.42 Å². The Bertz CT molecular complexity index is 1860. The summed E-state index contributed by atoms with van der Waals surface area (Å²) in [7, 11) is 12.4. The van der Waals surface area contributed by atoms with Gasteiger partial charge in [0.2, 0.25) is 0 Å². The molecule has 5 unspecified atom stereocenters. The molecule has 0 bridgehead atoms. The van der Waals surface area contributed by atoms with Crippen LogP contribution in [0.25, 0.3) is 0 Å². The number of methoxy groups -OCH3 is 8. The fourth-order valence-electron chi connectivity index (χ4n) is 6.92. The summed E-state index contributed by atoms with van der Waals surface area (Å²) in [4.78, 5) is 0. The minimum Gasteiger partial charge on any atom is -0.496 e. The zero-order chi connectivity index (χ0) is 35.7. The van der Waals surface area contributed by atoms with Crippen LogP contribution in [0.5, 0.6) is 57.5 Å². The van der Waals surface area contributed by atoms with E-state index in [1.54, 1.807) is 92.2 Å². The molecule has 2 heterocycles. The number of fused-ring (bicyclic) bond motifs is 2. The average Bonchev–Trinajstić information content (AvgIpc) is 3.15. The van der Waals surface area contributed by atoms with Crippen LogP contribution in [0.3, 0.4) is 0 Å². The predicted molar refractivity (Wildman–Crippen MR) is 182 cm³/mol. The molecule has 0 aromatic heterocycles. The quantitative estimate of drug-likeness (QED) is 0.208. The first-order valence-corrected chi connectivity index (χ1v) is 15.9. The number of benzene rings is 4. The fraction of sp³-hybridized carbons (Fsp3) is 0.368. The molecule has 50 heavy (non-hydrogen) atoms. The van der Waals surface area contributed by atoms with E-state index < -0.39 is 30.3 Å². The molecule has 5 atom stereocenters. The van der Waals surface area contributed by atoms with Gasteiger partial charge in [-0.3, -0.25) is 0 Å². The second kappa shape index (κ2) is 14.3. The summed E-state index contributed by atoms with van der Waals surface area (Å²) in [6.07, 6.45) is -3.72. The van der Waals surface area contributed by atoms with E-state index in [1.807, 2.05) is 12.1 Å². The number of aliphatic hydroxyl groups is 2. The average molecular weight is 691 g/mol. The number of rotatable bonds is 11. The van der Waals surface area contributed by atoms with Crippen molar-refractivity contribution in [1.29, 1.82) is 0 Å². The number of hydrogen-bond donors (Lipinski definition) is 2. The summed E-state index contributed by atoms with van der Waals surface area (Å²) in [6, 6.07) is 15.9. The highest BCUT2D eigenvalue weighted by Gasteiger charge is 2.46. The van der Waals surface area contributed by atoms with Gasteiger partial charge < -0.3 is 57.6 Å². The molecule has 0 spiro atoms. The van der Waals surface area contributed by atoms with Crippen molar-refractivity contribution in [2.45, 2.75) is 36.8 Å². The Kier molecular flexibility index (Phi) is 9.94. The van der Waals surface area contributed by atoms with E-state index >= 15 is 0 Å². The van der Waals surface area contributed by atoms with Crippen LogP contribution in [-0.4, -0.2) is 79.3 Å². The second-order valence-electron chi connectivity index (χ2n) is 11.8. The highest BCUT2D eigenvalue weighted by atomic mass is 16.5. The number of hydrogen-bond acceptors (Lipinski definition) is 12. The van der Waals surface area contributed by atoms with Gasteiger partial charge in [0.15, 0.2) is 29.1 Å². The third-order valence-corrected chi connectivity index (χ3v) is 9.32. The first-order chi connectivity index (χ1) is 24.2. The Morgan fingerprint density at radius 1 is 0.520 bits per heavy atom. The Labute approximate surface area is 290 Å². The van der Waals surface area contributed by atoms with E-state index in [1.165, 1.54) is 7.11 Å². The van der Waals surface area contributed by atoms with Crippen LogP contribution in [0.1, 0.15) is 45.9 Å². The Morgan fingerprint density at radius 3 is 1.60 bits per heavy atom. The van der Waals surface area contributed by atoms with Crippen LogP contribution in [0, 0.1) is 0 Å². The van der Waals surface area contributed by atoms with Gasteiger partial charge in [-0.25, -0.2) is 0 Å². The van der Waals surface area contributed by atoms with Crippen molar-refractivity contribution in [2.24, 2.45) is 0 Å². The van der Waals surface area contributed by atoms with Gasteiger partial charge in [0.25, 0.3) is 0 Å². The van der Waals surface area contributed by atoms with Crippen LogP contribution in [0.15, 0.2) is 54.6 Å². The van der Waals surface area contributed by atoms with E-state index in [4.69, 9.17) is 47.4 Å². The second-order valence-corrected chi connectivity index (χ2v) is 11.8. The number of aliphatic hydroxyl groups excluding tert-OH is 2. The first kappa shape index (κ1) is 34.7. The fourth-order valence-corrected chi connectivity index (χ4v) is 6.92. The van der Waals surface area contributed by atoms with Crippen molar-refractivity contribution in [1.82, 2.24) is 0 Å². The van der Waals surface area contributed by atoms with Gasteiger partial charge in [-0.1, -0.05) is 12.1 Å². The lowest BCUT2D eigenvalue weighted by atomic mass is 9.77. The summed E-state index contributed by atoms with van der Waals surface area (Å²) in [5.41, 5.74) is 2.98. The summed E-state index contributed by atoms with van der Waals surface area (Å²) < 4.78 is 58.8. The van der Waals surface area contributed by atoms with E-state index in [2.05, 4.69) is 0 Å². The summed E-state index contributed by atoms with van der Waals surface area (Å²) >= 11 is 0. The minimum atomic E-state index is -1.22. The maximum Gasteiger partial charge on any atom is 0.161 e. The SMILES string of the molecule is COc1cc(OC)c2c(c1)OC(c1ccc(OC)c(OC)c1)C(O)C2c1c(OC)cc(OC)c2c1OC(c1ccc(OC)c(OC)c1)C(O)C2. The van der Waals surface area contributed by atoms with Gasteiger partial charge in [-0.15, -0.1) is 0 Å². The van der Waals surface area contributed by atoms with E-state index in [9.17, 15) is 10.2 Å². The minimum absolute atomic E-state index is 0.180. The van der Waals surface area contributed by atoms with Crippen molar-refractivity contribution in [2.75, 3.05) is 56.9 Å². The molecule has 2 aliphatic heterocycles. The molecular weight excluding hydrogens is 648 g/mol. The lowest BCUT2D eigenvalue weighted by Gasteiger charge is -2.41. The molecule has 12 heteroatoms. The van der Waals surface area contributed by atoms with E-state index in [0.29, 0.717) is 85.3 Å². The van der Waals surface area contributed by atoms with Gasteiger partial charge >= 0.3 is 0 Å². The molecular formula is C38H42O12. The third kappa shape index (κ3) is 5.88. The van der Waals surface area contributed by atoms with Crippen LogP contribution < -0.4 is 47.4 Å². The normalized spacial score (nSPS) is 20.6. The third-order valence-electron chi connectivity index (χ3n) is 9.32. The van der Waals surface area contributed by atoms with Crippen molar-refractivity contribution in [3.8, 4) is 57.5 Å². The molecule has 4 aromatic carbocycles. The highest BCUT2D eigenvalue weighted by Crippen LogP contribution is 2.58. The van der Waals surface area contributed by atoms with Gasteiger partial charge in [-0.05, 0) is 35.4 Å². The first-order valence-electron chi connectivity index (χ1n) is 15.9. The Morgan fingerprint density at radius 2 is 1.06 bits per heavy atom. The molecule has 6 rings (SSSR count). The Balaban J connectivity index is 1.59. The molecule has 2 aliphatic rings. The zero-order valence-electron chi connectivity index (χ0n) is 29.3. The molecule has 0 saturated heterocycles. The van der Waals surface area contributed by atoms with Gasteiger partial charge in [0, 0.05) is 41.3 Å². The van der Waals surface area contributed by atoms with Crippen molar-refractivity contribution < 1.29 is 57.6 Å². The molecule has 12 nitrogen and oxygen atoms in total. The Hall–Kier alpha value is -5.20. The van der Waals surface area contributed by atoms with Crippen LogP contribution >= 0.6 is 0 Å². The van der Waals surface area contributed by atoms with Crippen LogP contribution in [0.2, 0.25) is 0 Å². The molecule has 2 N–H and O–H groups in total. The molecule has 0 saturated carbocycles. The maximum atomic E-state index is 12.5. The predicted octanol–water partition coefficient (Wildman–Crippen LogP) is 5.42. The van der Waals surface area contributed by atoms with Gasteiger partial charge in [0.1, 0.15) is 46.7 Å². The summed E-state index contributed by atoms with van der Waals surface area (Å²) in [5, 5.41) is 24.1. The summed E-state index contributed by atoms with van der Waals surface area (Å²) in [5.74, 6) is 3.79. The standard InChI is InChI=1S/C38H42O12/c1-41-21-15-29(47-7)32-31(16-21)49-37(20-10-12-25(43-3)28(14-20)46-6)35(40)34(32)33-30(48-8)18-26(44-4)22-17-23(39)36(50-38(22)33)19-9-11-24(42-2)27(13-19)45-5/h9-16,18,23,34-37,39-40H,17H2,1-8H3. The summed E-state index contributed by atoms with van der Waals surface area (Å²) in [6.45, 7) is 0. The van der Waals surface area contributed by atoms with E-state index in [0.717, 1.165) is 0 Å². The maximum absolute atomic E-state index is 12.5. The molecule has 0 amide bonds. The molecule has 0 aliphatic carbocycles. The monoisotopic (exact) mass is 690 g/mol. The van der Waals surface area contributed by atoms with Crippen LogP contribution in [-0.2, 0) is 6.42 Å². The highest BCUT2D eigenvalue weighted by molar-refractivity contribution is 5.66.